The first-order chi connectivity index (χ1) is 10.0. The third kappa shape index (κ3) is 2.82. The number of benzene rings is 1. The lowest BCUT2D eigenvalue weighted by atomic mass is 9.90. The molecule has 1 aromatic rings. The number of fused-ring (bicyclic) bond motifs is 1. The highest BCUT2D eigenvalue weighted by atomic mass is 35.5. The van der Waals surface area contributed by atoms with Gasteiger partial charge in [-0.2, -0.15) is 5.10 Å². The molecule has 3 nitrogen and oxygen atoms in total. The fraction of sp³-hybridized carbons (Fsp3) is 0.500. The number of hydrazone groups is 1. The van der Waals surface area contributed by atoms with Gasteiger partial charge in [-0.15, -0.1) is 0 Å². The number of halogens is 2. The van der Waals surface area contributed by atoms with Crippen molar-refractivity contribution in [3.05, 3.63) is 33.8 Å². The SMILES string of the molecule is C[C@]12CCCC[C@@H]1[C@H]2C(=O)N/N=C\c1ccc(Cl)cc1Cl. The van der Waals surface area contributed by atoms with Gasteiger partial charge in [-0.25, -0.2) is 5.43 Å². The molecule has 0 aromatic heterocycles. The predicted octanol–water partition coefficient (Wildman–Crippen LogP) is 4.27. The summed E-state index contributed by atoms with van der Waals surface area (Å²) in [6.45, 7) is 2.22. The van der Waals surface area contributed by atoms with Crippen LogP contribution in [0.1, 0.15) is 38.2 Å². The molecule has 0 spiro atoms. The highest BCUT2D eigenvalue weighted by Crippen LogP contribution is 2.66. The van der Waals surface area contributed by atoms with E-state index in [9.17, 15) is 4.79 Å². The first kappa shape index (κ1) is 14.9. The molecule has 5 heteroatoms. The highest BCUT2D eigenvalue weighted by molar-refractivity contribution is 6.36. The van der Waals surface area contributed by atoms with Crippen LogP contribution in [0.2, 0.25) is 10.0 Å². The molecule has 0 aliphatic heterocycles. The van der Waals surface area contributed by atoms with Crippen molar-refractivity contribution >= 4 is 35.3 Å². The average molecular weight is 325 g/mol. The zero-order valence-corrected chi connectivity index (χ0v) is 13.4. The molecule has 1 amide bonds. The second-order valence-electron chi connectivity index (χ2n) is 6.24. The van der Waals surface area contributed by atoms with Gasteiger partial charge in [0.2, 0.25) is 5.91 Å². The Morgan fingerprint density at radius 2 is 2.24 bits per heavy atom. The van der Waals surface area contributed by atoms with E-state index in [2.05, 4.69) is 17.5 Å². The summed E-state index contributed by atoms with van der Waals surface area (Å²) in [6.07, 6.45) is 6.36. The Kier molecular flexibility index (Phi) is 3.98. The molecule has 0 saturated heterocycles. The number of nitrogens with one attached hydrogen (secondary N) is 1. The monoisotopic (exact) mass is 324 g/mol. The molecule has 0 bridgehead atoms. The van der Waals surface area contributed by atoms with Crippen molar-refractivity contribution in [1.82, 2.24) is 5.43 Å². The van der Waals surface area contributed by atoms with Crippen molar-refractivity contribution in [2.75, 3.05) is 0 Å². The molecule has 3 rings (SSSR count). The third-order valence-electron chi connectivity index (χ3n) is 4.95. The first-order valence-electron chi connectivity index (χ1n) is 7.30. The maximum absolute atomic E-state index is 12.2. The molecule has 0 unspecified atom stereocenters. The van der Waals surface area contributed by atoms with Crippen LogP contribution in [0.4, 0.5) is 0 Å². The quantitative estimate of drug-likeness (QED) is 0.654. The average Bonchev–Trinajstić information content (AvgIpc) is 3.07. The van der Waals surface area contributed by atoms with Gasteiger partial charge in [0.05, 0.1) is 11.2 Å². The summed E-state index contributed by atoms with van der Waals surface area (Å²) in [7, 11) is 0. The van der Waals surface area contributed by atoms with Crippen LogP contribution in [-0.4, -0.2) is 12.1 Å². The van der Waals surface area contributed by atoms with Gasteiger partial charge in [0, 0.05) is 16.5 Å². The minimum Gasteiger partial charge on any atom is -0.273 e. The van der Waals surface area contributed by atoms with E-state index >= 15 is 0 Å². The van der Waals surface area contributed by atoms with Gasteiger partial charge in [-0.05, 0) is 36.3 Å². The van der Waals surface area contributed by atoms with Crippen LogP contribution in [0.15, 0.2) is 23.3 Å². The summed E-state index contributed by atoms with van der Waals surface area (Å²) in [5, 5.41) is 5.13. The smallest absolute Gasteiger partial charge is 0.244 e. The van der Waals surface area contributed by atoms with Crippen molar-refractivity contribution in [2.24, 2.45) is 22.4 Å². The maximum atomic E-state index is 12.2. The molecule has 0 heterocycles. The van der Waals surface area contributed by atoms with Crippen LogP contribution < -0.4 is 5.43 Å². The fourth-order valence-corrected chi connectivity index (χ4v) is 4.15. The molecule has 21 heavy (non-hydrogen) atoms. The summed E-state index contributed by atoms with van der Waals surface area (Å²) in [6, 6.07) is 5.18. The Bertz CT molecular complexity index is 602. The number of hydrogen-bond donors (Lipinski definition) is 1. The molecule has 1 N–H and O–H groups in total. The number of amides is 1. The van der Waals surface area contributed by atoms with Crippen molar-refractivity contribution in [3.63, 3.8) is 0 Å². The van der Waals surface area contributed by atoms with E-state index < -0.39 is 0 Å². The second kappa shape index (κ2) is 5.62. The number of carbonyl (C=O) groups excluding carboxylic acids is 1. The van der Waals surface area contributed by atoms with Crippen molar-refractivity contribution in [2.45, 2.75) is 32.6 Å². The Hall–Kier alpha value is -1.06. The molecule has 2 fully saturated rings. The third-order valence-corrected chi connectivity index (χ3v) is 5.52. The number of rotatable bonds is 3. The van der Waals surface area contributed by atoms with E-state index in [1.165, 1.54) is 19.3 Å². The molecule has 2 aliphatic carbocycles. The molecule has 2 saturated carbocycles. The van der Waals surface area contributed by atoms with Gasteiger partial charge >= 0.3 is 0 Å². The van der Waals surface area contributed by atoms with E-state index in [1.54, 1.807) is 24.4 Å². The molecule has 3 atom stereocenters. The normalized spacial score (nSPS) is 31.0. The van der Waals surface area contributed by atoms with E-state index in [1.807, 2.05) is 0 Å². The summed E-state index contributed by atoms with van der Waals surface area (Å²) >= 11 is 11.9. The zero-order chi connectivity index (χ0) is 15.0. The minimum absolute atomic E-state index is 0.0331. The van der Waals surface area contributed by atoms with Gasteiger partial charge in [0.15, 0.2) is 0 Å². The van der Waals surface area contributed by atoms with Crippen LogP contribution in [0, 0.1) is 17.3 Å². The van der Waals surface area contributed by atoms with E-state index in [0.717, 1.165) is 12.0 Å². The Morgan fingerprint density at radius 1 is 1.43 bits per heavy atom. The van der Waals surface area contributed by atoms with Crippen LogP contribution in [0.25, 0.3) is 0 Å². The van der Waals surface area contributed by atoms with Crippen LogP contribution >= 0.6 is 23.2 Å². The number of carbonyl (C=O) groups is 1. The number of hydrogen-bond acceptors (Lipinski definition) is 2. The molecule has 0 radical (unpaired) electrons. The van der Waals surface area contributed by atoms with E-state index in [0.29, 0.717) is 16.0 Å². The fourth-order valence-electron chi connectivity index (χ4n) is 3.69. The largest absolute Gasteiger partial charge is 0.273 e. The van der Waals surface area contributed by atoms with Crippen molar-refractivity contribution < 1.29 is 4.79 Å². The minimum atomic E-state index is 0.0331. The lowest BCUT2D eigenvalue weighted by Gasteiger charge is -2.15. The summed E-state index contributed by atoms with van der Waals surface area (Å²) in [5.41, 5.74) is 3.60. The van der Waals surface area contributed by atoms with Crippen molar-refractivity contribution in [3.8, 4) is 0 Å². The van der Waals surface area contributed by atoms with Gasteiger partial charge in [0.25, 0.3) is 0 Å². The van der Waals surface area contributed by atoms with Crippen LogP contribution in [0.3, 0.4) is 0 Å². The lowest BCUT2D eigenvalue weighted by molar-refractivity contribution is -0.123. The number of nitrogens with zero attached hydrogens (tertiary/aromatic N) is 1. The second-order valence-corrected chi connectivity index (χ2v) is 7.08. The predicted molar refractivity (Wildman–Crippen MR) is 85.8 cm³/mol. The molecular formula is C16H18Cl2N2O. The van der Waals surface area contributed by atoms with Gasteiger partial charge in [-0.3, -0.25) is 4.79 Å². The van der Waals surface area contributed by atoms with E-state index in [-0.39, 0.29) is 17.2 Å². The van der Waals surface area contributed by atoms with Crippen LogP contribution in [0.5, 0.6) is 0 Å². The van der Waals surface area contributed by atoms with Gasteiger partial charge in [0.1, 0.15) is 0 Å². The van der Waals surface area contributed by atoms with E-state index in [4.69, 9.17) is 23.2 Å². The molecule has 1 aromatic carbocycles. The standard InChI is InChI=1S/C16H18Cl2N2O/c1-16-7-3-2-4-12(16)14(16)15(21)20-19-9-10-5-6-11(17)8-13(10)18/h5-6,8-9,12,14H,2-4,7H2,1H3,(H,20,21)/b19-9-/t12-,14+,16+/m1/s1. The first-order valence-corrected chi connectivity index (χ1v) is 8.06. The lowest BCUT2D eigenvalue weighted by Crippen LogP contribution is -2.22. The van der Waals surface area contributed by atoms with Gasteiger partial charge in [-0.1, -0.05) is 49.0 Å². The molecule has 112 valence electrons. The summed E-state index contributed by atoms with van der Waals surface area (Å²) in [5.74, 6) is 0.698. The Labute approximate surface area is 134 Å². The summed E-state index contributed by atoms with van der Waals surface area (Å²) in [4.78, 5) is 12.2. The zero-order valence-electron chi connectivity index (χ0n) is 11.9. The molecule has 2 aliphatic rings. The summed E-state index contributed by atoms with van der Waals surface area (Å²) < 4.78 is 0. The topological polar surface area (TPSA) is 41.5 Å². The van der Waals surface area contributed by atoms with Crippen molar-refractivity contribution in [1.29, 1.82) is 0 Å². The van der Waals surface area contributed by atoms with Crippen LogP contribution in [-0.2, 0) is 4.79 Å². The van der Waals surface area contributed by atoms with Gasteiger partial charge < -0.3 is 0 Å². The highest BCUT2D eigenvalue weighted by Gasteiger charge is 2.64. The Morgan fingerprint density at radius 3 is 2.90 bits per heavy atom. The molecular weight excluding hydrogens is 307 g/mol. The Balaban J connectivity index is 1.60. The maximum Gasteiger partial charge on any atom is 0.244 e.